The molecule has 10 heteroatoms. The number of halogens is 4. The minimum absolute atomic E-state index is 0.0333. The number of aliphatic imine (C=N–C) groups is 1. The monoisotopic (exact) mass is 505 g/mol. The quantitative estimate of drug-likeness (QED) is 0.598. The molecule has 2 atom stereocenters. The minimum Gasteiger partial charge on any atom is -0.347 e. The SMILES string of the molecule is C[C@@H]1CN2C=C(C3=CCC4(CC3)OCCO4)C=C(C(=O)N[C@H](C)c3cccc(C(F)(F)F)c3F)C2=N1. The number of ether oxygens (including phenoxy) is 2. The van der Waals surface area contributed by atoms with Crippen molar-refractivity contribution >= 4 is 11.7 Å². The van der Waals surface area contributed by atoms with E-state index >= 15 is 0 Å². The number of amidine groups is 1. The van der Waals surface area contributed by atoms with E-state index in [9.17, 15) is 22.4 Å². The van der Waals surface area contributed by atoms with Crippen LogP contribution >= 0.6 is 0 Å². The molecule has 6 nitrogen and oxygen atoms in total. The van der Waals surface area contributed by atoms with E-state index in [2.05, 4.69) is 16.4 Å². The molecule has 0 saturated carbocycles. The number of carbonyl (C=O) groups excluding carboxylic acids is 1. The molecule has 3 heterocycles. The van der Waals surface area contributed by atoms with E-state index in [4.69, 9.17) is 9.47 Å². The first-order valence-electron chi connectivity index (χ1n) is 12.0. The van der Waals surface area contributed by atoms with Crippen molar-refractivity contribution in [3.8, 4) is 0 Å². The van der Waals surface area contributed by atoms with Gasteiger partial charge in [-0.15, -0.1) is 0 Å². The van der Waals surface area contributed by atoms with Crippen LogP contribution in [-0.2, 0) is 20.4 Å². The molecule has 3 aliphatic heterocycles. The van der Waals surface area contributed by atoms with E-state index in [1.807, 2.05) is 18.0 Å². The molecule has 1 amide bonds. The van der Waals surface area contributed by atoms with Gasteiger partial charge in [0.2, 0.25) is 0 Å². The number of nitrogens with zero attached hydrogens (tertiary/aromatic N) is 2. The van der Waals surface area contributed by atoms with Crippen molar-refractivity contribution in [1.82, 2.24) is 10.2 Å². The van der Waals surface area contributed by atoms with Crippen molar-refractivity contribution in [2.75, 3.05) is 19.8 Å². The van der Waals surface area contributed by atoms with E-state index in [0.29, 0.717) is 56.5 Å². The molecular weight excluding hydrogens is 478 g/mol. The van der Waals surface area contributed by atoms with Crippen molar-refractivity contribution in [3.63, 3.8) is 0 Å². The summed E-state index contributed by atoms with van der Waals surface area (Å²) >= 11 is 0. The van der Waals surface area contributed by atoms with Crippen LogP contribution in [0.4, 0.5) is 17.6 Å². The Hall–Kier alpha value is -2.98. The van der Waals surface area contributed by atoms with Crippen LogP contribution in [0, 0.1) is 5.82 Å². The highest BCUT2D eigenvalue weighted by Crippen LogP contribution is 2.39. The largest absolute Gasteiger partial charge is 0.419 e. The number of benzene rings is 1. The van der Waals surface area contributed by atoms with Gasteiger partial charge in [0.05, 0.1) is 36.4 Å². The molecule has 0 bridgehead atoms. The number of allylic oxidation sites excluding steroid dienone is 3. The van der Waals surface area contributed by atoms with Gasteiger partial charge >= 0.3 is 6.18 Å². The van der Waals surface area contributed by atoms with Gasteiger partial charge in [-0.2, -0.15) is 13.2 Å². The van der Waals surface area contributed by atoms with Crippen LogP contribution in [0.3, 0.4) is 0 Å². The van der Waals surface area contributed by atoms with E-state index in [1.54, 1.807) is 6.08 Å². The summed E-state index contributed by atoms with van der Waals surface area (Å²) in [6.07, 6.45) is 2.97. The Morgan fingerprint density at radius 1 is 1.28 bits per heavy atom. The molecule has 1 N–H and O–H groups in total. The van der Waals surface area contributed by atoms with Crippen molar-refractivity contribution in [2.45, 2.75) is 57.2 Å². The number of fused-ring (bicyclic) bond motifs is 1. The first-order valence-corrected chi connectivity index (χ1v) is 12.0. The maximum absolute atomic E-state index is 14.7. The number of nitrogens with one attached hydrogen (secondary N) is 1. The lowest BCUT2D eigenvalue weighted by atomic mass is 9.88. The molecule has 1 aliphatic carbocycles. The average molecular weight is 506 g/mol. The summed E-state index contributed by atoms with van der Waals surface area (Å²) in [7, 11) is 0. The average Bonchev–Trinajstić information content (AvgIpc) is 3.43. The van der Waals surface area contributed by atoms with E-state index in [1.165, 1.54) is 13.0 Å². The molecule has 1 aromatic carbocycles. The van der Waals surface area contributed by atoms with Gasteiger partial charge in [-0.05, 0) is 43.6 Å². The fraction of sp³-hybridized carbons (Fsp3) is 0.462. The molecule has 0 radical (unpaired) electrons. The van der Waals surface area contributed by atoms with Crippen molar-refractivity contribution < 1.29 is 31.8 Å². The summed E-state index contributed by atoms with van der Waals surface area (Å²) < 4.78 is 65.7. The number of hydrogen-bond acceptors (Lipinski definition) is 5. The van der Waals surface area contributed by atoms with Crippen LogP contribution in [0.25, 0.3) is 0 Å². The summed E-state index contributed by atoms with van der Waals surface area (Å²) in [5.74, 6) is -1.99. The molecule has 0 unspecified atom stereocenters. The number of alkyl halides is 3. The van der Waals surface area contributed by atoms with Gasteiger partial charge in [0, 0.05) is 31.1 Å². The fourth-order valence-electron chi connectivity index (χ4n) is 5.09. The van der Waals surface area contributed by atoms with Gasteiger partial charge in [0.15, 0.2) is 5.79 Å². The zero-order valence-corrected chi connectivity index (χ0v) is 20.0. The highest BCUT2D eigenvalue weighted by Gasteiger charge is 2.39. The second kappa shape index (κ2) is 9.15. The van der Waals surface area contributed by atoms with Gasteiger partial charge in [-0.1, -0.05) is 18.2 Å². The Morgan fingerprint density at radius 2 is 2.03 bits per heavy atom. The molecular formula is C26H27F4N3O3. The summed E-state index contributed by atoms with van der Waals surface area (Å²) in [6, 6.07) is 2.04. The lowest BCUT2D eigenvalue weighted by Gasteiger charge is -2.32. The van der Waals surface area contributed by atoms with Crippen LogP contribution in [0.2, 0.25) is 0 Å². The second-order valence-electron chi connectivity index (χ2n) is 9.54. The summed E-state index contributed by atoms with van der Waals surface area (Å²) in [5.41, 5.74) is 0.617. The van der Waals surface area contributed by atoms with Crippen LogP contribution in [0.1, 0.15) is 50.3 Å². The Bertz CT molecular complexity index is 1200. The summed E-state index contributed by atoms with van der Waals surface area (Å²) in [4.78, 5) is 19.8. The highest BCUT2D eigenvalue weighted by atomic mass is 19.4. The molecule has 5 rings (SSSR count). The van der Waals surface area contributed by atoms with Gasteiger partial charge in [-0.25, -0.2) is 4.39 Å². The molecule has 1 saturated heterocycles. The van der Waals surface area contributed by atoms with Crippen LogP contribution < -0.4 is 5.32 Å². The first kappa shape index (κ1) is 24.7. The lowest BCUT2D eigenvalue weighted by molar-refractivity contribution is -0.161. The number of carbonyl (C=O) groups is 1. The minimum atomic E-state index is -4.83. The van der Waals surface area contributed by atoms with E-state index in [-0.39, 0.29) is 11.6 Å². The maximum Gasteiger partial charge on any atom is 0.419 e. The smallest absolute Gasteiger partial charge is 0.347 e. The van der Waals surface area contributed by atoms with Gasteiger partial charge < -0.3 is 19.7 Å². The number of amides is 1. The van der Waals surface area contributed by atoms with Crippen molar-refractivity contribution in [2.24, 2.45) is 4.99 Å². The second-order valence-corrected chi connectivity index (χ2v) is 9.54. The fourth-order valence-corrected chi connectivity index (χ4v) is 5.09. The molecule has 1 fully saturated rings. The standard InChI is InChI=1S/C26H27F4N3O3/c1-15-13-33-14-18(17-6-8-25(9-7-17)35-10-11-36-25)12-20(23(33)31-15)24(34)32-16(2)19-4-3-5-21(22(19)27)26(28,29)30/h3-6,12,14-16H,7-11,13H2,1-2H3,(H,32,34)/t15-,16-/m1/s1. The molecule has 0 aromatic heterocycles. The van der Waals surface area contributed by atoms with Gasteiger partial charge in [-0.3, -0.25) is 9.79 Å². The lowest BCUT2D eigenvalue weighted by Crippen LogP contribution is -2.37. The van der Waals surface area contributed by atoms with E-state index < -0.39 is 35.3 Å². The predicted molar refractivity (Wildman–Crippen MR) is 124 cm³/mol. The zero-order valence-electron chi connectivity index (χ0n) is 20.0. The number of hydrogen-bond donors (Lipinski definition) is 1. The Kier molecular flexibility index (Phi) is 6.28. The van der Waals surface area contributed by atoms with Gasteiger partial charge in [0.1, 0.15) is 11.7 Å². The molecule has 36 heavy (non-hydrogen) atoms. The molecule has 4 aliphatic rings. The predicted octanol–water partition coefficient (Wildman–Crippen LogP) is 4.80. The number of rotatable bonds is 4. The van der Waals surface area contributed by atoms with Crippen LogP contribution in [0.15, 0.2) is 58.3 Å². The third kappa shape index (κ3) is 4.59. The van der Waals surface area contributed by atoms with Crippen molar-refractivity contribution in [3.05, 3.63) is 70.2 Å². The highest BCUT2D eigenvalue weighted by molar-refractivity contribution is 6.22. The van der Waals surface area contributed by atoms with E-state index in [0.717, 1.165) is 17.2 Å². The Morgan fingerprint density at radius 3 is 2.69 bits per heavy atom. The first-order chi connectivity index (χ1) is 17.1. The van der Waals surface area contributed by atoms with Crippen molar-refractivity contribution in [1.29, 1.82) is 0 Å². The zero-order chi connectivity index (χ0) is 25.7. The van der Waals surface area contributed by atoms with Gasteiger partial charge in [0.25, 0.3) is 5.91 Å². The molecule has 1 aromatic rings. The topological polar surface area (TPSA) is 63.2 Å². The third-order valence-corrected chi connectivity index (χ3v) is 6.92. The molecule has 1 spiro atoms. The summed E-state index contributed by atoms with van der Waals surface area (Å²) in [5, 5.41) is 2.67. The Balaban J connectivity index is 1.40. The maximum atomic E-state index is 14.7. The third-order valence-electron chi connectivity index (χ3n) is 6.92. The normalized spacial score (nSPS) is 24.1. The van der Waals surface area contributed by atoms with Crippen LogP contribution in [0.5, 0.6) is 0 Å². The summed E-state index contributed by atoms with van der Waals surface area (Å²) in [6.45, 7) is 5.15. The Labute approximate surface area is 206 Å². The van der Waals surface area contributed by atoms with Crippen LogP contribution in [-0.4, -0.2) is 48.2 Å². The molecule has 192 valence electrons.